The van der Waals surface area contributed by atoms with Crippen LogP contribution >= 0.6 is 0 Å². The lowest BCUT2D eigenvalue weighted by Crippen LogP contribution is -2.57. The molecule has 3 rings (SSSR count). The van der Waals surface area contributed by atoms with Gasteiger partial charge in [0, 0.05) is 19.1 Å². The Bertz CT molecular complexity index is 628. The number of para-hydroxylation sites is 2. The third kappa shape index (κ3) is 3.95. The van der Waals surface area contributed by atoms with Gasteiger partial charge < -0.3 is 15.0 Å². The molecule has 0 aromatic heterocycles. The van der Waals surface area contributed by atoms with Crippen molar-refractivity contribution in [2.24, 2.45) is 0 Å². The molecule has 1 aromatic carbocycles. The molecule has 1 N–H and O–H groups in total. The summed E-state index contributed by atoms with van der Waals surface area (Å²) in [5, 5.41) is 3.13. The van der Waals surface area contributed by atoms with Crippen LogP contribution < -0.4 is 15.0 Å². The number of amides is 2. The van der Waals surface area contributed by atoms with Crippen molar-refractivity contribution in [3.05, 3.63) is 24.3 Å². The highest BCUT2D eigenvalue weighted by atomic mass is 16.5. The van der Waals surface area contributed by atoms with E-state index >= 15 is 0 Å². The fourth-order valence-corrected chi connectivity index (χ4v) is 3.69. The van der Waals surface area contributed by atoms with E-state index in [0.29, 0.717) is 24.9 Å². The molecule has 0 spiro atoms. The number of nitrogens with one attached hydrogen (secondary N) is 1. The monoisotopic (exact) mass is 345 g/mol. The van der Waals surface area contributed by atoms with Crippen molar-refractivity contribution in [3.8, 4) is 5.75 Å². The number of piperazine rings is 1. The maximum atomic E-state index is 12.6. The SMILES string of the molecule is COc1ccccc1N1CCN([C@@H](C)C(=O)NC2CCCC2)CC1=O. The van der Waals surface area contributed by atoms with Crippen LogP contribution in [0.5, 0.6) is 5.75 Å². The lowest BCUT2D eigenvalue weighted by Gasteiger charge is -2.37. The van der Waals surface area contributed by atoms with Crippen LogP contribution in [-0.2, 0) is 9.59 Å². The molecule has 1 saturated heterocycles. The number of hydrogen-bond acceptors (Lipinski definition) is 4. The van der Waals surface area contributed by atoms with Gasteiger partial charge in [0.05, 0.1) is 25.4 Å². The first kappa shape index (κ1) is 17.7. The number of ether oxygens (including phenoxy) is 1. The molecule has 2 aliphatic rings. The summed E-state index contributed by atoms with van der Waals surface area (Å²) < 4.78 is 5.36. The van der Waals surface area contributed by atoms with Crippen molar-refractivity contribution in [1.29, 1.82) is 0 Å². The third-order valence-corrected chi connectivity index (χ3v) is 5.25. The Balaban J connectivity index is 1.61. The maximum Gasteiger partial charge on any atom is 0.241 e. The average molecular weight is 345 g/mol. The maximum absolute atomic E-state index is 12.6. The molecule has 2 amide bonds. The third-order valence-electron chi connectivity index (χ3n) is 5.25. The van der Waals surface area contributed by atoms with Gasteiger partial charge in [-0.15, -0.1) is 0 Å². The van der Waals surface area contributed by atoms with E-state index in [1.165, 1.54) is 12.8 Å². The van der Waals surface area contributed by atoms with Crippen LogP contribution in [0.4, 0.5) is 5.69 Å². The molecular weight excluding hydrogens is 318 g/mol. The fourth-order valence-electron chi connectivity index (χ4n) is 3.69. The van der Waals surface area contributed by atoms with Gasteiger partial charge in [-0.05, 0) is 31.9 Å². The molecule has 1 heterocycles. The van der Waals surface area contributed by atoms with E-state index in [-0.39, 0.29) is 24.4 Å². The highest BCUT2D eigenvalue weighted by molar-refractivity contribution is 5.97. The number of rotatable bonds is 5. The van der Waals surface area contributed by atoms with Gasteiger partial charge in [-0.25, -0.2) is 0 Å². The normalized spacial score (nSPS) is 20.6. The molecule has 1 atom stereocenters. The number of methoxy groups -OCH3 is 1. The van der Waals surface area contributed by atoms with Crippen molar-refractivity contribution in [2.45, 2.75) is 44.7 Å². The van der Waals surface area contributed by atoms with Gasteiger partial charge in [0.1, 0.15) is 5.75 Å². The first-order chi connectivity index (χ1) is 12.1. The van der Waals surface area contributed by atoms with E-state index in [9.17, 15) is 9.59 Å². The Kier molecular flexibility index (Phi) is 5.58. The zero-order valence-corrected chi connectivity index (χ0v) is 15.0. The second-order valence-electron chi connectivity index (χ2n) is 6.85. The zero-order chi connectivity index (χ0) is 17.8. The van der Waals surface area contributed by atoms with Crippen LogP contribution in [0.1, 0.15) is 32.6 Å². The molecule has 1 aliphatic carbocycles. The highest BCUT2D eigenvalue weighted by Gasteiger charge is 2.32. The van der Waals surface area contributed by atoms with Gasteiger partial charge in [0.2, 0.25) is 11.8 Å². The summed E-state index contributed by atoms with van der Waals surface area (Å²) in [6.45, 7) is 3.36. The fraction of sp³-hybridized carbons (Fsp3) is 0.579. The highest BCUT2D eigenvalue weighted by Crippen LogP contribution is 2.29. The number of carbonyl (C=O) groups is 2. The predicted molar refractivity (Wildman–Crippen MR) is 96.8 cm³/mol. The van der Waals surface area contributed by atoms with Crippen molar-refractivity contribution in [3.63, 3.8) is 0 Å². The molecule has 25 heavy (non-hydrogen) atoms. The molecule has 1 aliphatic heterocycles. The lowest BCUT2D eigenvalue weighted by atomic mass is 10.1. The summed E-state index contributed by atoms with van der Waals surface area (Å²) in [6, 6.07) is 7.55. The number of hydrogen-bond donors (Lipinski definition) is 1. The Morgan fingerprint density at radius 2 is 1.96 bits per heavy atom. The summed E-state index contributed by atoms with van der Waals surface area (Å²) in [7, 11) is 1.61. The summed E-state index contributed by atoms with van der Waals surface area (Å²) in [4.78, 5) is 28.8. The van der Waals surface area contributed by atoms with Gasteiger partial charge in [-0.3, -0.25) is 14.5 Å². The van der Waals surface area contributed by atoms with Gasteiger partial charge in [0.25, 0.3) is 0 Å². The van der Waals surface area contributed by atoms with Crippen LogP contribution in [0.2, 0.25) is 0 Å². The Morgan fingerprint density at radius 1 is 1.24 bits per heavy atom. The Hall–Kier alpha value is -2.08. The lowest BCUT2D eigenvalue weighted by molar-refractivity contribution is -0.129. The molecule has 6 nitrogen and oxygen atoms in total. The molecule has 136 valence electrons. The Labute approximate surface area is 149 Å². The first-order valence-electron chi connectivity index (χ1n) is 9.08. The molecule has 6 heteroatoms. The summed E-state index contributed by atoms with van der Waals surface area (Å²) in [5.41, 5.74) is 0.790. The molecule has 0 radical (unpaired) electrons. The summed E-state index contributed by atoms with van der Waals surface area (Å²) in [6.07, 6.45) is 4.52. The van der Waals surface area contributed by atoms with E-state index in [4.69, 9.17) is 4.74 Å². The predicted octanol–water partition coefficient (Wildman–Crippen LogP) is 1.79. The topological polar surface area (TPSA) is 61.9 Å². The standard InChI is InChI=1S/C19H27N3O3/c1-14(19(24)20-15-7-3-4-8-15)21-11-12-22(18(23)13-21)16-9-5-6-10-17(16)25-2/h5-6,9-10,14-15H,3-4,7-8,11-13H2,1-2H3,(H,20,24)/t14-/m0/s1. The van der Waals surface area contributed by atoms with Gasteiger partial charge in [0.15, 0.2) is 0 Å². The minimum Gasteiger partial charge on any atom is -0.495 e. The molecule has 1 saturated carbocycles. The van der Waals surface area contributed by atoms with Crippen LogP contribution in [0, 0.1) is 0 Å². The number of carbonyl (C=O) groups excluding carboxylic acids is 2. The van der Waals surface area contributed by atoms with Crippen molar-refractivity contribution >= 4 is 17.5 Å². The summed E-state index contributed by atoms with van der Waals surface area (Å²) in [5.74, 6) is 0.720. The number of benzene rings is 1. The second kappa shape index (κ2) is 7.87. The van der Waals surface area contributed by atoms with Crippen LogP contribution in [0.15, 0.2) is 24.3 Å². The van der Waals surface area contributed by atoms with Gasteiger partial charge >= 0.3 is 0 Å². The van der Waals surface area contributed by atoms with Crippen LogP contribution in [0.25, 0.3) is 0 Å². The Morgan fingerprint density at radius 3 is 2.64 bits per heavy atom. The zero-order valence-electron chi connectivity index (χ0n) is 15.0. The number of nitrogens with zero attached hydrogens (tertiary/aromatic N) is 2. The molecule has 0 bridgehead atoms. The minimum absolute atomic E-state index is 0.00346. The van der Waals surface area contributed by atoms with E-state index in [2.05, 4.69) is 5.32 Å². The molecule has 2 fully saturated rings. The first-order valence-corrected chi connectivity index (χ1v) is 9.08. The van der Waals surface area contributed by atoms with Crippen LogP contribution in [0.3, 0.4) is 0 Å². The minimum atomic E-state index is -0.288. The van der Waals surface area contributed by atoms with E-state index < -0.39 is 0 Å². The van der Waals surface area contributed by atoms with Gasteiger partial charge in [-0.1, -0.05) is 25.0 Å². The smallest absolute Gasteiger partial charge is 0.241 e. The average Bonchev–Trinajstić information content (AvgIpc) is 3.14. The van der Waals surface area contributed by atoms with Crippen molar-refractivity contribution in [2.75, 3.05) is 31.6 Å². The largest absolute Gasteiger partial charge is 0.495 e. The van der Waals surface area contributed by atoms with Crippen molar-refractivity contribution < 1.29 is 14.3 Å². The van der Waals surface area contributed by atoms with Crippen LogP contribution in [-0.4, -0.2) is 55.5 Å². The van der Waals surface area contributed by atoms with Gasteiger partial charge in [-0.2, -0.15) is 0 Å². The van der Waals surface area contributed by atoms with E-state index in [1.807, 2.05) is 36.1 Å². The number of anilines is 1. The molecular formula is C19H27N3O3. The van der Waals surface area contributed by atoms with Crippen molar-refractivity contribution in [1.82, 2.24) is 10.2 Å². The molecule has 1 aromatic rings. The van der Waals surface area contributed by atoms with E-state index in [1.54, 1.807) is 12.0 Å². The second-order valence-corrected chi connectivity index (χ2v) is 6.85. The summed E-state index contributed by atoms with van der Waals surface area (Å²) >= 11 is 0. The quantitative estimate of drug-likeness (QED) is 0.884. The molecule has 0 unspecified atom stereocenters. The van der Waals surface area contributed by atoms with E-state index in [0.717, 1.165) is 18.5 Å².